The number of anilines is 2. The molecule has 0 amide bonds. The number of carbonyl (C=O) groups is 1. The van der Waals surface area contributed by atoms with Gasteiger partial charge in [0.05, 0.1) is 5.69 Å². The van der Waals surface area contributed by atoms with Crippen LogP contribution in [0.5, 0.6) is 0 Å². The first kappa shape index (κ1) is 14.3. The summed E-state index contributed by atoms with van der Waals surface area (Å²) in [7, 11) is 0. The van der Waals surface area contributed by atoms with E-state index in [0.29, 0.717) is 17.4 Å². The van der Waals surface area contributed by atoms with Crippen LogP contribution in [0.4, 0.5) is 11.5 Å². The third-order valence-corrected chi connectivity index (χ3v) is 3.27. The van der Waals surface area contributed by atoms with Crippen LogP contribution in [0.3, 0.4) is 0 Å². The molecule has 0 saturated carbocycles. The number of nitrogens with two attached hydrogens (primary N) is 1. The molecule has 0 fully saturated rings. The quantitative estimate of drug-likeness (QED) is 0.723. The van der Waals surface area contributed by atoms with E-state index in [4.69, 9.17) is 10.8 Å². The average molecular weight is 251 g/mol. The number of aromatic carboxylic acids is 1. The van der Waals surface area contributed by atoms with Gasteiger partial charge in [-0.3, -0.25) is 0 Å². The molecule has 18 heavy (non-hydrogen) atoms. The van der Waals surface area contributed by atoms with Crippen LogP contribution in [-0.2, 0) is 0 Å². The summed E-state index contributed by atoms with van der Waals surface area (Å²) in [5, 5.41) is 12.1. The van der Waals surface area contributed by atoms with Crippen molar-refractivity contribution in [2.24, 2.45) is 5.92 Å². The van der Waals surface area contributed by atoms with Crippen LogP contribution in [0.1, 0.15) is 44.1 Å². The first-order valence-corrected chi connectivity index (χ1v) is 6.25. The summed E-state index contributed by atoms with van der Waals surface area (Å²) < 4.78 is 0. The number of aromatic nitrogens is 1. The summed E-state index contributed by atoms with van der Waals surface area (Å²) in [6.45, 7) is 6.33. The molecule has 1 unspecified atom stereocenters. The van der Waals surface area contributed by atoms with Crippen molar-refractivity contribution in [2.45, 2.75) is 39.7 Å². The molecule has 0 aromatic carbocycles. The second-order valence-corrected chi connectivity index (χ2v) is 4.45. The molecule has 0 bridgehead atoms. The topological polar surface area (TPSA) is 88.2 Å². The molecule has 1 rings (SSSR count). The second-order valence-electron chi connectivity index (χ2n) is 4.45. The molecule has 0 aliphatic carbocycles. The highest BCUT2D eigenvalue weighted by molar-refractivity contribution is 5.86. The lowest BCUT2D eigenvalue weighted by molar-refractivity contribution is 0.0690. The minimum Gasteiger partial charge on any atom is -0.477 e. The Hall–Kier alpha value is -1.78. The van der Waals surface area contributed by atoms with Gasteiger partial charge in [0.25, 0.3) is 0 Å². The Kier molecular flexibility index (Phi) is 4.95. The van der Waals surface area contributed by atoms with Gasteiger partial charge in [0.15, 0.2) is 5.69 Å². The zero-order valence-electron chi connectivity index (χ0n) is 11.1. The first-order chi connectivity index (χ1) is 8.49. The van der Waals surface area contributed by atoms with Crippen molar-refractivity contribution in [2.75, 3.05) is 11.1 Å². The Morgan fingerprint density at radius 1 is 1.44 bits per heavy atom. The number of rotatable bonds is 6. The van der Waals surface area contributed by atoms with E-state index in [1.807, 2.05) is 0 Å². The van der Waals surface area contributed by atoms with Gasteiger partial charge in [-0.1, -0.05) is 26.7 Å². The smallest absolute Gasteiger partial charge is 0.354 e. The standard InChI is InChI=1S/C13H21N3O2/c1-4-9(5-2)8(3)15-12-10(14)6-7-11(16-12)13(17)18/h6-9H,4-5,14H2,1-3H3,(H,15,16)(H,17,18). The van der Waals surface area contributed by atoms with Gasteiger partial charge < -0.3 is 16.2 Å². The van der Waals surface area contributed by atoms with Crippen molar-refractivity contribution in [1.29, 1.82) is 0 Å². The van der Waals surface area contributed by atoms with Crippen molar-refractivity contribution >= 4 is 17.5 Å². The van der Waals surface area contributed by atoms with Crippen LogP contribution >= 0.6 is 0 Å². The third-order valence-electron chi connectivity index (χ3n) is 3.27. The van der Waals surface area contributed by atoms with Crippen molar-refractivity contribution in [3.05, 3.63) is 17.8 Å². The van der Waals surface area contributed by atoms with Crippen LogP contribution in [-0.4, -0.2) is 22.1 Å². The van der Waals surface area contributed by atoms with Gasteiger partial charge in [0, 0.05) is 6.04 Å². The van der Waals surface area contributed by atoms with Crippen LogP contribution in [0, 0.1) is 5.92 Å². The third kappa shape index (κ3) is 3.35. The van der Waals surface area contributed by atoms with Crippen LogP contribution < -0.4 is 11.1 Å². The maximum atomic E-state index is 10.9. The molecule has 0 aliphatic rings. The number of hydrogen-bond donors (Lipinski definition) is 3. The highest BCUT2D eigenvalue weighted by atomic mass is 16.4. The Labute approximate surface area is 107 Å². The fourth-order valence-corrected chi connectivity index (χ4v) is 2.03. The predicted molar refractivity (Wildman–Crippen MR) is 72.8 cm³/mol. The van der Waals surface area contributed by atoms with Crippen LogP contribution in [0.15, 0.2) is 12.1 Å². The summed E-state index contributed by atoms with van der Waals surface area (Å²) in [5.74, 6) is -0.0813. The lowest BCUT2D eigenvalue weighted by Gasteiger charge is -2.23. The molecule has 1 atom stereocenters. The summed E-state index contributed by atoms with van der Waals surface area (Å²) in [6.07, 6.45) is 2.12. The lowest BCUT2D eigenvalue weighted by Crippen LogP contribution is -2.26. The normalized spacial score (nSPS) is 12.4. The van der Waals surface area contributed by atoms with E-state index in [-0.39, 0.29) is 11.7 Å². The van der Waals surface area contributed by atoms with Crippen molar-refractivity contribution in [3.8, 4) is 0 Å². The zero-order chi connectivity index (χ0) is 13.7. The molecule has 0 spiro atoms. The van der Waals surface area contributed by atoms with Gasteiger partial charge in [-0.15, -0.1) is 0 Å². The maximum absolute atomic E-state index is 10.9. The number of hydrogen-bond acceptors (Lipinski definition) is 4. The largest absolute Gasteiger partial charge is 0.477 e. The van der Waals surface area contributed by atoms with E-state index < -0.39 is 5.97 Å². The maximum Gasteiger partial charge on any atom is 0.354 e. The Bertz CT molecular complexity index is 417. The molecule has 0 aliphatic heterocycles. The van der Waals surface area contributed by atoms with Gasteiger partial charge in [-0.05, 0) is 25.0 Å². The molecule has 1 aromatic rings. The van der Waals surface area contributed by atoms with E-state index in [1.54, 1.807) is 6.07 Å². The molecule has 0 saturated heterocycles. The number of carboxylic acids is 1. The zero-order valence-corrected chi connectivity index (χ0v) is 11.1. The highest BCUT2D eigenvalue weighted by Gasteiger charge is 2.16. The number of nitrogen functional groups attached to an aromatic ring is 1. The van der Waals surface area contributed by atoms with Gasteiger partial charge >= 0.3 is 5.97 Å². The van der Waals surface area contributed by atoms with E-state index in [9.17, 15) is 4.79 Å². The highest BCUT2D eigenvalue weighted by Crippen LogP contribution is 2.21. The molecule has 0 radical (unpaired) electrons. The minimum absolute atomic E-state index is 0.00319. The Morgan fingerprint density at radius 2 is 2.06 bits per heavy atom. The molecule has 4 N–H and O–H groups in total. The van der Waals surface area contributed by atoms with E-state index >= 15 is 0 Å². The summed E-state index contributed by atoms with van der Waals surface area (Å²) in [4.78, 5) is 14.9. The van der Waals surface area contributed by atoms with Crippen molar-refractivity contribution < 1.29 is 9.90 Å². The van der Waals surface area contributed by atoms with E-state index in [2.05, 4.69) is 31.1 Å². The van der Waals surface area contributed by atoms with E-state index in [0.717, 1.165) is 12.8 Å². The molecule has 1 aromatic heterocycles. The number of pyridine rings is 1. The first-order valence-electron chi connectivity index (χ1n) is 6.25. The second kappa shape index (κ2) is 6.23. The van der Waals surface area contributed by atoms with Gasteiger partial charge in [-0.2, -0.15) is 0 Å². The predicted octanol–water partition coefficient (Wildman–Crippen LogP) is 2.60. The molecule has 100 valence electrons. The van der Waals surface area contributed by atoms with Gasteiger partial charge in [-0.25, -0.2) is 9.78 Å². The summed E-state index contributed by atoms with van der Waals surface area (Å²) in [6, 6.07) is 3.18. The fraction of sp³-hybridized carbons (Fsp3) is 0.538. The average Bonchev–Trinajstić information content (AvgIpc) is 2.33. The van der Waals surface area contributed by atoms with Crippen LogP contribution in [0.25, 0.3) is 0 Å². The monoisotopic (exact) mass is 251 g/mol. The summed E-state index contributed by atoms with van der Waals surface area (Å²) >= 11 is 0. The number of nitrogens with zero attached hydrogens (tertiary/aromatic N) is 1. The molecular weight excluding hydrogens is 230 g/mol. The SMILES string of the molecule is CCC(CC)C(C)Nc1nc(C(=O)O)ccc1N. The Morgan fingerprint density at radius 3 is 2.56 bits per heavy atom. The molecule has 1 heterocycles. The minimum atomic E-state index is -1.05. The van der Waals surface area contributed by atoms with Crippen molar-refractivity contribution in [1.82, 2.24) is 4.98 Å². The fourth-order valence-electron chi connectivity index (χ4n) is 2.03. The van der Waals surface area contributed by atoms with E-state index in [1.165, 1.54) is 6.07 Å². The summed E-state index contributed by atoms with van der Waals surface area (Å²) in [5.41, 5.74) is 6.28. The molecular formula is C13H21N3O2. The number of nitrogens with one attached hydrogen (secondary N) is 1. The van der Waals surface area contributed by atoms with Gasteiger partial charge in [0.1, 0.15) is 5.82 Å². The number of carboxylic acid groups (broad SMARTS) is 1. The Balaban J connectivity index is 2.89. The molecule has 5 heteroatoms. The van der Waals surface area contributed by atoms with Crippen LogP contribution in [0.2, 0.25) is 0 Å². The van der Waals surface area contributed by atoms with Crippen molar-refractivity contribution in [3.63, 3.8) is 0 Å². The van der Waals surface area contributed by atoms with Gasteiger partial charge in [0.2, 0.25) is 0 Å². The lowest BCUT2D eigenvalue weighted by atomic mass is 9.95. The molecule has 5 nitrogen and oxygen atoms in total.